The average molecular weight is 372 g/mol. The van der Waals surface area contributed by atoms with Gasteiger partial charge in [0.05, 0.1) is 0 Å². The molecule has 4 nitrogen and oxygen atoms in total. The lowest BCUT2D eigenvalue weighted by Gasteiger charge is -2.24. The van der Waals surface area contributed by atoms with Gasteiger partial charge in [0.25, 0.3) is 0 Å². The summed E-state index contributed by atoms with van der Waals surface area (Å²) >= 11 is 9.41. The highest BCUT2D eigenvalue weighted by molar-refractivity contribution is 9.10. The van der Waals surface area contributed by atoms with E-state index >= 15 is 0 Å². The Morgan fingerprint density at radius 2 is 2.33 bits per heavy atom. The summed E-state index contributed by atoms with van der Waals surface area (Å²) in [7, 11) is 0. The van der Waals surface area contributed by atoms with Gasteiger partial charge in [0.15, 0.2) is 5.65 Å². The quantitative estimate of drug-likeness (QED) is 0.755. The van der Waals surface area contributed by atoms with Crippen LogP contribution in [0.25, 0.3) is 11.2 Å². The molecule has 3 rings (SSSR count). The van der Waals surface area contributed by atoms with E-state index < -0.39 is 0 Å². The summed E-state index contributed by atoms with van der Waals surface area (Å²) in [5.74, 6) is 1.64. The van der Waals surface area contributed by atoms with E-state index in [1.54, 1.807) is 0 Å². The standard InChI is InChI=1S/C15H20BrClN4/c1-2-20-7-3-4-12(20)10-21-14(5-6-17)19-13-8-11(16)9-18-15(13)21/h8-9,12H,2-7,10H2,1H3. The van der Waals surface area contributed by atoms with Crippen molar-refractivity contribution in [1.29, 1.82) is 0 Å². The number of hydrogen-bond donors (Lipinski definition) is 0. The topological polar surface area (TPSA) is 34.0 Å². The second-order valence-corrected chi connectivity index (χ2v) is 6.79. The summed E-state index contributed by atoms with van der Waals surface area (Å²) in [6.07, 6.45) is 5.17. The molecule has 0 amide bonds. The van der Waals surface area contributed by atoms with Crippen LogP contribution in [-0.4, -0.2) is 44.4 Å². The molecule has 0 radical (unpaired) electrons. The maximum absolute atomic E-state index is 5.95. The zero-order valence-corrected chi connectivity index (χ0v) is 14.6. The maximum atomic E-state index is 5.95. The molecule has 0 spiro atoms. The van der Waals surface area contributed by atoms with Crippen LogP contribution in [0, 0.1) is 0 Å². The molecule has 1 aliphatic rings. The number of likely N-dealkylation sites (tertiary alicyclic amines) is 1. The van der Waals surface area contributed by atoms with Gasteiger partial charge in [-0.25, -0.2) is 9.97 Å². The number of pyridine rings is 1. The van der Waals surface area contributed by atoms with E-state index in [1.807, 2.05) is 12.3 Å². The molecule has 21 heavy (non-hydrogen) atoms. The van der Waals surface area contributed by atoms with E-state index in [0.717, 1.165) is 41.0 Å². The SMILES string of the molecule is CCN1CCCC1Cn1c(CCCl)nc2cc(Br)cnc21. The highest BCUT2D eigenvalue weighted by Gasteiger charge is 2.25. The van der Waals surface area contributed by atoms with Crippen molar-refractivity contribution in [2.75, 3.05) is 19.0 Å². The number of hydrogen-bond acceptors (Lipinski definition) is 3. The van der Waals surface area contributed by atoms with Crippen LogP contribution in [0.5, 0.6) is 0 Å². The Morgan fingerprint density at radius 1 is 1.48 bits per heavy atom. The molecule has 0 bridgehead atoms. The van der Waals surface area contributed by atoms with Crippen LogP contribution in [0.15, 0.2) is 16.7 Å². The number of alkyl halides is 1. The molecule has 2 aromatic heterocycles. The van der Waals surface area contributed by atoms with Crippen LogP contribution in [0.2, 0.25) is 0 Å². The molecule has 1 aliphatic heterocycles. The van der Waals surface area contributed by atoms with E-state index in [-0.39, 0.29) is 0 Å². The normalized spacial score (nSPS) is 19.7. The number of imidazole rings is 1. The number of rotatable bonds is 5. The highest BCUT2D eigenvalue weighted by Crippen LogP contribution is 2.23. The third-order valence-corrected chi connectivity index (χ3v) is 4.87. The lowest BCUT2D eigenvalue weighted by Crippen LogP contribution is -2.33. The monoisotopic (exact) mass is 370 g/mol. The van der Waals surface area contributed by atoms with Crippen molar-refractivity contribution in [3.05, 3.63) is 22.6 Å². The summed E-state index contributed by atoms with van der Waals surface area (Å²) in [5, 5.41) is 0. The summed E-state index contributed by atoms with van der Waals surface area (Å²) in [5.41, 5.74) is 1.92. The fourth-order valence-electron chi connectivity index (χ4n) is 3.23. The van der Waals surface area contributed by atoms with Crippen LogP contribution < -0.4 is 0 Å². The lowest BCUT2D eigenvalue weighted by atomic mass is 10.2. The first-order chi connectivity index (χ1) is 10.2. The van der Waals surface area contributed by atoms with E-state index in [1.165, 1.54) is 19.4 Å². The smallest absolute Gasteiger partial charge is 0.160 e. The number of aryl methyl sites for hydroxylation is 1. The molecule has 1 fully saturated rings. The minimum absolute atomic E-state index is 0.590. The molecular formula is C15H20BrClN4. The van der Waals surface area contributed by atoms with Crippen LogP contribution in [0.3, 0.4) is 0 Å². The first kappa shape index (κ1) is 15.3. The van der Waals surface area contributed by atoms with Crippen molar-refractivity contribution in [2.24, 2.45) is 0 Å². The predicted molar refractivity (Wildman–Crippen MR) is 89.9 cm³/mol. The molecule has 1 unspecified atom stereocenters. The molecule has 3 heterocycles. The zero-order valence-electron chi connectivity index (χ0n) is 12.2. The van der Waals surface area contributed by atoms with Gasteiger partial charge in [-0.05, 0) is 47.9 Å². The van der Waals surface area contributed by atoms with E-state index in [0.29, 0.717) is 11.9 Å². The molecule has 1 atom stereocenters. The zero-order chi connectivity index (χ0) is 14.8. The summed E-state index contributed by atoms with van der Waals surface area (Å²) in [4.78, 5) is 11.8. The van der Waals surface area contributed by atoms with Gasteiger partial charge in [0.2, 0.25) is 0 Å². The fraction of sp³-hybridized carbons (Fsp3) is 0.600. The molecule has 2 aromatic rings. The third kappa shape index (κ3) is 3.10. The molecule has 0 aromatic carbocycles. The molecule has 0 saturated carbocycles. The Hall–Kier alpha value is -0.650. The van der Waals surface area contributed by atoms with Crippen molar-refractivity contribution in [2.45, 2.75) is 38.8 Å². The number of aromatic nitrogens is 3. The van der Waals surface area contributed by atoms with Crippen molar-refractivity contribution in [3.8, 4) is 0 Å². The van der Waals surface area contributed by atoms with Crippen LogP contribution in [-0.2, 0) is 13.0 Å². The number of likely N-dealkylation sites (N-methyl/N-ethyl adjacent to an activating group) is 1. The average Bonchev–Trinajstić information content (AvgIpc) is 3.04. The Bertz CT molecular complexity index is 627. The molecule has 0 aliphatic carbocycles. The Balaban J connectivity index is 1.96. The molecule has 114 valence electrons. The minimum atomic E-state index is 0.590. The summed E-state index contributed by atoms with van der Waals surface area (Å²) in [6.45, 7) is 5.52. The van der Waals surface area contributed by atoms with E-state index in [9.17, 15) is 0 Å². The van der Waals surface area contributed by atoms with Gasteiger partial charge in [0.1, 0.15) is 11.3 Å². The predicted octanol–water partition coefficient (Wildman–Crippen LogP) is 3.46. The Morgan fingerprint density at radius 3 is 3.10 bits per heavy atom. The van der Waals surface area contributed by atoms with Crippen LogP contribution in [0.4, 0.5) is 0 Å². The number of nitrogens with zero attached hydrogens (tertiary/aromatic N) is 4. The Labute approximate surface area is 138 Å². The van der Waals surface area contributed by atoms with Crippen molar-refractivity contribution in [3.63, 3.8) is 0 Å². The van der Waals surface area contributed by atoms with Gasteiger partial charge in [0, 0.05) is 35.6 Å². The van der Waals surface area contributed by atoms with Crippen molar-refractivity contribution in [1.82, 2.24) is 19.4 Å². The van der Waals surface area contributed by atoms with Crippen LogP contribution >= 0.6 is 27.5 Å². The molecule has 6 heteroatoms. The first-order valence-electron chi connectivity index (χ1n) is 7.53. The summed E-state index contributed by atoms with van der Waals surface area (Å²) < 4.78 is 3.23. The van der Waals surface area contributed by atoms with Crippen molar-refractivity contribution < 1.29 is 0 Å². The van der Waals surface area contributed by atoms with Gasteiger partial charge >= 0.3 is 0 Å². The van der Waals surface area contributed by atoms with Crippen LogP contribution in [0.1, 0.15) is 25.6 Å². The van der Waals surface area contributed by atoms with Crippen molar-refractivity contribution >= 4 is 38.7 Å². The fourth-order valence-corrected chi connectivity index (χ4v) is 3.72. The minimum Gasteiger partial charge on any atom is -0.311 e. The second kappa shape index (κ2) is 6.63. The van der Waals surface area contributed by atoms with E-state index in [4.69, 9.17) is 16.6 Å². The number of fused-ring (bicyclic) bond motifs is 1. The third-order valence-electron chi connectivity index (χ3n) is 4.25. The van der Waals surface area contributed by atoms with Gasteiger partial charge in [-0.15, -0.1) is 11.6 Å². The second-order valence-electron chi connectivity index (χ2n) is 5.50. The molecular weight excluding hydrogens is 352 g/mol. The summed E-state index contributed by atoms with van der Waals surface area (Å²) in [6, 6.07) is 2.62. The molecule has 0 N–H and O–H groups in total. The maximum Gasteiger partial charge on any atom is 0.160 e. The molecule has 1 saturated heterocycles. The lowest BCUT2D eigenvalue weighted by molar-refractivity contribution is 0.244. The Kier molecular flexibility index (Phi) is 4.82. The van der Waals surface area contributed by atoms with E-state index in [2.05, 4.69) is 37.3 Å². The largest absolute Gasteiger partial charge is 0.311 e. The van der Waals surface area contributed by atoms with Gasteiger partial charge in [-0.1, -0.05) is 6.92 Å². The first-order valence-corrected chi connectivity index (χ1v) is 8.86. The highest BCUT2D eigenvalue weighted by atomic mass is 79.9. The van der Waals surface area contributed by atoms with Gasteiger partial charge in [-0.2, -0.15) is 0 Å². The number of halogens is 2. The van der Waals surface area contributed by atoms with Gasteiger partial charge in [-0.3, -0.25) is 4.90 Å². The van der Waals surface area contributed by atoms with Gasteiger partial charge < -0.3 is 4.57 Å².